The van der Waals surface area contributed by atoms with Crippen LogP contribution in [-0.2, 0) is 0 Å². The first-order valence-electron chi connectivity index (χ1n) is 12.5. The quantitative estimate of drug-likeness (QED) is 0.411. The van der Waals surface area contributed by atoms with Crippen LogP contribution in [0.4, 0.5) is 5.69 Å². The Morgan fingerprint density at radius 2 is 1.34 bits per heavy atom. The summed E-state index contributed by atoms with van der Waals surface area (Å²) in [5.74, 6) is 0.121. The van der Waals surface area contributed by atoms with Crippen LogP contribution in [0.25, 0.3) is 11.3 Å². The van der Waals surface area contributed by atoms with E-state index in [9.17, 15) is 4.79 Å². The second-order valence-electron chi connectivity index (χ2n) is 9.51. The minimum absolute atomic E-state index is 0.121. The van der Waals surface area contributed by atoms with Crippen molar-refractivity contribution in [3.63, 3.8) is 0 Å². The Hall–Kier alpha value is -2.81. The molecular formula is C29H34N2O. The second kappa shape index (κ2) is 9.77. The summed E-state index contributed by atoms with van der Waals surface area (Å²) in [6, 6.07) is 21.3. The van der Waals surface area contributed by atoms with E-state index in [1.54, 1.807) is 0 Å². The summed E-state index contributed by atoms with van der Waals surface area (Å²) in [4.78, 5) is 13.7. The Kier molecular flexibility index (Phi) is 6.43. The van der Waals surface area contributed by atoms with E-state index >= 15 is 0 Å². The minimum atomic E-state index is 0.121. The number of carbonyl (C=O) groups is 1. The average Bonchev–Trinajstić information content (AvgIpc) is 3.25. The molecule has 0 spiro atoms. The van der Waals surface area contributed by atoms with Gasteiger partial charge in [0.25, 0.3) is 0 Å². The molecule has 2 saturated carbocycles. The van der Waals surface area contributed by atoms with E-state index in [0.29, 0.717) is 12.1 Å². The molecule has 2 aromatic carbocycles. The molecule has 2 fully saturated rings. The maximum absolute atomic E-state index is 13.7. The van der Waals surface area contributed by atoms with Gasteiger partial charge in [-0.05, 0) is 25.7 Å². The molecule has 0 radical (unpaired) electrons. The molecule has 1 aromatic heterocycles. The normalized spacial score (nSPS) is 17.9. The molecule has 5 rings (SSSR count). The van der Waals surface area contributed by atoms with E-state index < -0.39 is 0 Å². The molecule has 3 nitrogen and oxygen atoms in total. The molecule has 3 heteroatoms. The standard InChI is InChI=1S/C29H34N2O/c32-29(23-15-7-2-8-16-23)26-21-31(25-19-11-4-12-20-25)28(22-13-5-1-6-14-22)27(26)30-24-17-9-3-10-18-24/h1-2,5-8,13-16,21,24-25,30H,3-4,9-12,17-20H2. The van der Waals surface area contributed by atoms with E-state index in [2.05, 4.69) is 46.4 Å². The monoisotopic (exact) mass is 426 g/mol. The zero-order chi connectivity index (χ0) is 21.8. The number of ketones is 1. The predicted molar refractivity (Wildman–Crippen MR) is 132 cm³/mol. The lowest BCUT2D eigenvalue weighted by atomic mass is 9.94. The van der Waals surface area contributed by atoms with Crippen molar-refractivity contribution in [2.45, 2.75) is 76.3 Å². The van der Waals surface area contributed by atoms with Crippen molar-refractivity contribution >= 4 is 11.5 Å². The molecule has 0 unspecified atom stereocenters. The third kappa shape index (κ3) is 4.39. The Labute approximate surface area is 191 Å². The summed E-state index contributed by atoms with van der Waals surface area (Å²) < 4.78 is 2.44. The predicted octanol–water partition coefficient (Wildman–Crippen LogP) is 7.64. The molecular weight excluding hydrogens is 392 g/mol. The summed E-state index contributed by atoms with van der Waals surface area (Å²) >= 11 is 0. The van der Waals surface area contributed by atoms with E-state index in [4.69, 9.17) is 0 Å². The fourth-order valence-corrected chi connectivity index (χ4v) is 5.58. The molecule has 0 amide bonds. The Bertz CT molecular complexity index is 1030. The summed E-state index contributed by atoms with van der Waals surface area (Å²) in [6.45, 7) is 0. The van der Waals surface area contributed by atoms with Crippen molar-refractivity contribution in [2.75, 3.05) is 5.32 Å². The lowest BCUT2D eigenvalue weighted by molar-refractivity contribution is 0.103. The van der Waals surface area contributed by atoms with Crippen LogP contribution in [0.15, 0.2) is 66.9 Å². The summed E-state index contributed by atoms with van der Waals surface area (Å²) in [6.07, 6.45) is 14.6. The third-order valence-electron chi connectivity index (χ3n) is 7.28. The summed E-state index contributed by atoms with van der Waals surface area (Å²) in [5.41, 5.74) is 5.03. The number of hydrogen-bond donors (Lipinski definition) is 1. The molecule has 2 aliphatic rings. The smallest absolute Gasteiger partial charge is 0.196 e. The number of benzene rings is 2. The van der Waals surface area contributed by atoms with Crippen molar-refractivity contribution < 1.29 is 4.79 Å². The highest BCUT2D eigenvalue weighted by Gasteiger charge is 2.28. The number of nitrogens with one attached hydrogen (secondary N) is 1. The first kappa shape index (κ1) is 21.1. The van der Waals surface area contributed by atoms with Crippen molar-refractivity contribution in [3.8, 4) is 11.3 Å². The molecule has 0 bridgehead atoms. The lowest BCUT2D eigenvalue weighted by Gasteiger charge is -2.28. The highest BCUT2D eigenvalue weighted by atomic mass is 16.1. The SMILES string of the molecule is O=C(c1ccccc1)c1cn(C2CCCCC2)c(-c2ccccc2)c1NC1CCCCC1. The number of carbonyl (C=O) groups excluding carboxylic acids is 1. The highest BCUT2D eigenvalue weighted by Crippen LogP contribution is 2.41. The number of anilines is 1. The zero-order valence-electron chi connectivity index (χ0n) is 18.9. The second-order valence-corrected chi connectivity index (χ2v) is 9.51. The molecule has 0 saturated heterocycles. The van der Waals surface area contributed by atoms with Gasteiger partial charge in [0, 0.05) is 29.4 Å². The fourth-order valence-electron chi connectivity index (χ4n) is 5.58. The fraction of sp³-hybridized carbons (Fsp3) is 0.414. The number of hydrogen-bond acceptors (Lipinski definition) is 2. The van der Waals surface area contributed by atoms with Crippen molar-refractivity contribution in [3.05, 3.63) is 78.0 Å². The Balaban J connectivity index is 1.65. The van der Waals surface area contributed by atoms with Gasteiger partial charge in [-0.3, -0.25) is 4.79 Å². The van der Waals surface area contributed by atoms with Gasteiger partial charge in [-0.1, -0.05) is 99.2 Å². The van der Waals surface area contributed by atoms with Gasteiger partial charge in [0.05, 0.1) is 16.9 Å². The van der Waals surface area contributed by atoms with Crippen molar-refractivity contribution in [2.24, 2.45) is 0 Å². The molecule has 3 aromatic rings. The minimum Gasteiger partial charge on any atom is -0.380 e. The molecule has 166 valence electrons. The van der Waals surface area contributed by atoms with Crippen molar-refractivity contribution in [1.82, 2.24) is 4.57 Å². The van der Waals surface area contributed by atoms with Gasteiger partial charge in [-0.2, -0.15) is 0 Å². The number of aromatic nitrogens is 1. The Morgan fingerprint density at radius 1 is 0.750 bits per heavy atom. The average molecular weight is 427 g/mol. The van der Waals surface area contributed by atoms with Gasteiger partial charge < -0.3 is 9.88 Å². The van der Waals surface area contributed by atoms with Gasteiger partial charge in [0.2, 0.25) is 0 Å². The molecule has 2 aliphatic carbocycles. The molecule has 0 aliphatic heterocycles. The van der Waals surface area contributed by atoms with Gasteiger partial charge in [-0.25, -0.2) is 0 Å². The van der Waals surface area contributed by atoms with Gasteiger partial charge in [0.1, 0.15) is 0 Å². The van der Waals surface area contributed by atoms with Crippen LogP contribution in [0, 0.1) is 0 Å². The van der Waals surface area contributed by atoms with Crippen molar-refractivity contribution in [1.29, 1.82) is 0 Å². The lowest BCUT2D eigenvalue weighted by Crippen LogP contribution is -2.23. The van der Waals surface area contributed by atoms with E-state index in [1.807, 2.05) is 30.3 Å². The number of nitrogens with zero attached hydrogens (tertiary/aromatic N) is 1. The molecule has 1 N–H and O–H groups in total. The maximum Gasteiger partial charge on any atom is 0.196 e. The molecule has 32 heavy (non-hydrogen) atoms. The molecule has 0 atom stereocenters. The maximum atomic E-state index is 13.7. The van der Waals surface area contributed by atoms with E-state index in [0.717, 1.165) is 16.8 Å². The van der Waals surface area contributed by atoms with Crippen LogP contribution in [-0.4, -0.2) is 16.4 Å². The summed E-state index contributed by atoms with van der Waals surface area (Å²) in [5, 5.41) is 3.89. The summed E-state index contributed by atoms with van der Waals surface area (Å²) in [7, 11) is 0. The van der Waals surface area contributed by atoms with Gasteiger partial charge >= 0.3 is 0 Å². The van der Waals surface area contributed by atoms with Crippen LogP contribution in [0.2, 0.25) is 0 Å². The number of rotatable bonds is 6. The first-order chi connectivity index (χ1) is 15.8. The van der Waals surface area contributed by atoms with Crippen LogP contribution in [0.5, 0.6) is 0 Å². The largest absolute Gasteiger partial charge is 0.380 e. The van der Waals surface area contributed by atoms with Gasteiger partial charge in [0.15, 0.2) is 5.78 Å². The first-order valence-corrected chi connectivity index (χ1v) is 12.5. The van der Waals surface area contributed by atoms with Crippen LogP contribution < -0.4 is 5.32 Å². The zero-order valence-corrected chi connectivity index (χ0v) is 18.9. The third-order valence-corrected chi connectivity index (χ3v) is 7.28. The van der Waals surface area contributed by atoms with Gasteiger partial charge in [-0.15, -0.1) is 0 Å². The topological polar surface area (TPSA) is 34.0 Å². The Morgan fingerprint density at radius 3 is 2.00 bits per heavy atom. The van der Waals surface area contributed by atoms with Crippen LogP contribution in [0.3, 0.4) is 0 Å². The van der Waals surface area contributed by atoms with E-state index in [1.165, 1.54) is 75.5 Å². The van der Waals surface area contributed by atoms with E-state index in [-0.39, 0.29) is 5.78 Å². The highest BCUT2D eigenvalue weighted by molar-refractivity contribution is 6.14. The van der Waals surface area contributed by atoms with Crippen LogP contribution >= 0.6 is 0 Å². The molecule has 1 heterocycles. The van der Waals surface area contributed by atoms with Crippen LogP contribution in [0.1, 0.15) is 86.2 Å².